The zero-order valence-corrected chi connectivity index (χ0v) is 10.7. The molecule has 0 heterocycles. The minimum absolute atomic E-state index is 0.335. The molecule has 1 aromatic carbocycles. The maximum Gasteiger partial charge on any atom is 0.401 e. The van der Waals surface area contributed by atoms with Crippen LogP contribution in [0, 0.1) is 6.92 Å². The maximum absolute atomic E-state index is 11.9. The summed E-state index contributed by atoms with van der Waals surface area (Å²) >= 11 is 0. The summed E-state index contributed by atoms with van der Waals surface area (Å²) < 4.78 is 35.7. The molecule has 0 aromatic heterocycles. The van der Waals surface area contributed by atoms with Crippen LogP contribution in [0.3, 0.4) is 0 Å². The fourth-order valence-electron chi connectivity index (χ4n) is 1.70. The first kappa shape index (κ1) is 15.0. The number of hydrogen-bond donors (Lipinski definition) is 1. The number of benzene rings is 1. The number of halogens is 3. The molecule has 0 atom stereocenters. The molecule has 0 amide bonds. The standard InChI is InChI=1S/C13H19F3N2/c1-11-4-3-5-12(8-11)9-18(2)7-6-17-10-13(14,15)16/h3-5,8,17H,6-7,9-10H2,1-2H3. The molecule has 102 valence electrons. The van der Waals surface area contributed by atoms with Crippen LogP contribution in [0.4, 0.5) is 13.2 Å². The highest BCUT2D eigenvalue weighted by atomic mass is 19.4. The van der Waals surface area contributed by atoms with E-state index >= 15 is 0 Å². The van der Waals surface area contributed by atoms with E-state index in [1.165, 1.54) is 11.1 Å². The van der Waals surface area contributed by atoms with E-state index in [-0.39, 0.29) is 0 Å². The van der Waals surface area contributed by atoms with E-state index in [9.17, 15) is 13.2 Å². The molecule has 5 heteroatoms. The van der Waals surface area contributed by atoms with E-state index in [4.69, 9.17) is 0 Å². The van der Waals surface area contributed by atoms with Crippen LogP contribution in [0.15, 0.2) is 24.3 Å². The van der Waals surface area contributed by atoms with Gasteiger partial charge in [0.15, 0.2) is 0 Å². The molecule has 0 unspecified atom stereocenters. The molecule has 0 saturated heterocycles. The summed E-state index contributed by atoms with van der Waals surface area (Å²) in [5.41, 5.74) is 2.37. The highest BCUT2D eigenvalue weighted by Crippen LogP contribution is 2.12. The number of likely N-dealkylation sites (N-methyl/N-ethyl adjacent to an activating group) is 1. The normalized spacial score (nSPS) is 12.1. The van der Waals surface area contributed by atoms with E-state index in [1.54, 1.807) is 0 Å². The zero-order chi connectivity index (χ0) is 13.6. The molecule has 0 aliphatic carbocycles. The van der Waals surface area contributed by atoms with Crippen molar-refractivity contribution in [3.05, 3.63) is 35.4 Å². The highest BCUT2D eigenvalue weighted by molar-refractivity contribution is 5.21. The van der Waals surface area contributed by atoms with E-state index in [0.29, 0.717) is 13.1 Å². The van der Waals surface area contributed by atoms with Gasteiger partial charge in [-0.2, -0.15) is 13.2 Å². The molecule has 1 rings (SSSR count). The van der Waals surface area contributed by atoms with Gasteiger partial charge < -0.3 is 10.2 Å². The lowest BCUT2D eigenvalue weighted by Gasteiger charge is -2.17. The minimum Gasteiger partial charge on any atom is -0.307 e. The van der Waals surface area contributed by atoms with Crippen molar-refractivity contribution in [2.45, 2.75) is 19.6 Å². The summed E-state index contributed by atoms with van der Waals surface area (Å²) in [5.74, 6) is 0. The molecule has 0 saturated carbocycles. The summed E-state index contributed by atoms with van der Waals surface area (Å²) in [7, 11) is 1.90. The highest BCUT2D eigenvalue weighted by Gasteiger charge is 2.25. The van der Waals surface area contributed by atoms with Gasteiger partial charge in [-0.25, -0.2) is 0 Å². The largest absolute Gasteiger partial charge is 0.401 e. The van der Waals surface area contributed by atoms with E-state index in [0.717, 1.165) is 6.54 Å². The third-order valence-electron chi connectivity index (χ3n) is 2.53. The van der Waals surface area contributed by atoms with Crippen LogP contribution in [0.2, 0.25) is 0 Å². The van der Waals surface area contributed by atoms with Crippen molar-refractivity contribution in [3.8, 4) is 0 Å². The van der Waals surface area contributed by atoms with Gasteiger partial charge in [0.1, 0.15) is 0 Å². The van der Waals surface area contributed by atoms with Crippen LogP contribution >= 0.6 is 0 Å². The van der Waals surface area contributed by atoms with Crippen molar-refractivity contribution in [1.29, 1.82) is 0 Å². The van der Waals surface area contributed by atoms with E-state index < -0.39 is 12.7 Å². The van der Waals surface area contributed by atoms with Gasteiger partial charge in [-0.1, -0.05) is 29.8 Å². The SMILES string of the molecule is Cc1cccc(CN(C)CCNCC(F)(F)F)c1. The number of alkyl halides is 3. The van der Waals surface area contributed by atoms with Gasteiger partial charge >= 0.3 is 6.18 Å². The van der Waals surface area contributed by atoms with Crippen LogP contribution in [0.5, 0.6) is 0 Å². The maximum atomic E-state index is 11.9. The van der Waals surface area contributed by atoms with Gasteiger partial charge in [0, 0.05) is 19.6 Å². The summed E-state index contributed by atoms with van der Waals surface area (Å²) in [5, 5.41) is 2.39. The summed E-state index contributed by atoms with van der Waals surface area (Å²) in [6.07, 6.45) is -4.13. The second-order valence-corrected chi connectivity index (χ2v) is 4.52. The smallest absolute Gasteiger partial charge is 0.307 e. The van der Waals surface area contributed by atoms with Crippen molar-refractivity contribution < 1.29 is 13.2 Å². The summed E-state index contributed by atoms with van der Waals surface area (Å²) in [4.78, 5) is 2.00. The first-order valence-electron chi connectivity index (χ1n) is 5.88. The van der Waals surface area contributed by atoms with Crippen molar-refractivity contribution in [1.82, 2.24) is 10.2 Å². The van der Waals surface area contributed by atoms with Crippen molar-refractivity contribution in [2.24, 2.45) is 0 Å². The van der Waals surface area contributed by atoms with Crippen LogP contribution in [-0.4, -0.2) is 37.8 Å². The van der Waals surface area contributed by atoms with Gasteiger partial charge in [0.25, 0.3) is 0 Å². The molecule has 0 bridgehead atoms. The third kappa shape index (κ3) is 6.61. The number of nitrogens with one attached hydrogen (secondary N) is 1. The average Bonchev–Trinajstić information content (AvgIpc) is 2.23. The van der Waals surface area contributed by atoms with E-state index in [1.807, 2.05) is 37.1 Å². The van der Waals surface area contributed by atoms with Crippen molar-refractivity contribution in [3.63, 3.8) is 0 Å². The Hall–Kier alpha value is -1.07. The summed E-state index contributed by atoms with van der Waals surface area (Å²) in [6, 6.07) is 8.11. The fraction of sp³-hybridized carbons (Fsp3) is 0.538. The van der Waals surface area contributed by atoms with Crippen LogP contribution in [-0.2, 0) is 6.54 Å². The minimum atomic E-state index is -4.13. The number of nitrogens with zero attached hydrogens (tertiary/aromatic N) is 1. The number of aryl methyl sites for hydroxylation is 1. The average molecular weight is 260 g/mol. The lowest BCUT2D eigenvalue weighted by Crippen LogP contribution is -2.34. The fourth-order valence-corrected chi connectivity index (χ4v) is 1.70. The zero-order valence-electron chi connectivity index (χ0n) is 10.7. The lowest BCUT2D eigenvalue weighted by molar-refractivity contribution is -0.124. The molecule has 0 radical (unpaired) electrons. The van der Waals surface area contributed by atoms with Gasteiger partial charge in [-0.15, -0.1) is 0 Å². The van der Waals surface area contributed by atoms with Gasteiger partial charge in [-0.3, -0.25) is 0 Å². The quantitative estimate of drug-likeness (QED) is 0.791. The van der Waals surface area contributed by atoms with Crippen LogP contribution in [0.25, 0.3) is 0 Å². The Morgan fingerprint density at radius 2 is 2.00 bits per heavy atom. The second kappa shape index (κ2) is 6.75. The second-order valence-electron chi connectivity index (χ2n) is 4.52. The molecule has 0 fully saturated rings. The molecule has 1 N–H and O–H groups in total. The summed E-state index contributed by atoms with van der Waals surface area (Å²) in [6.45, 7) is 2.76. The van der Waals surface area contributed by atoms with Gasteiger partial charge in [-0.05, 0) is 19.5 Å². The topological polar surface area (TPSA) is 15.3 Å². The van der Waals surface area contributed by atoms with Crippen molar-refractivity contribution >= 4 is 0 Å². The molecule has 18 heavy (non-hydrogen) atoms. The monoisotopic (exact) mass is 260 g/mol. The van der Waals surface area contributed by atoms with Gasteiger partial charge in [0.2, 0.25) is 0 Å². The molecular formula is C13H19F3N2. The third-order valence-corrected chi connectivity index (χ3v) is 2.53. The van der Waals surface area contributed by atoms with Crippen LogP contribution < -0.4 is 5.32 Å². The Morgan fingerprint density at radius 3 is 2.61 bits per heavy atom. The molecule has 2 nitrogen and oxygen atoms in total. The Labute approximate surface area is 106 Å². The first-order valence-corrected chi connectivity index (χ1v) is 5.88. The molecule has 0 aliphatic heterocycles. The molecule has 0 spiro atoms. The predicted octanol–water partition coefficient (Wildman–Crippen LogP) is 2.58. The van der Waals surface area contributed by atoms with Crippen LogP contribution in [0.1, 0.15) is 11.1 Å². The molecule has 1 aromatic rings. The van der Waals surface area contributed by atoms with E-state index in [2.05, 4.69) is 11.4 Å². The predicted molar refractivity (Wildman–Crippen MR) is 66.4 cm³/mol. The number of hydrogen-bond acceptors (Lipinski definition) is 2. The Kier molecular flexibility index (Phi) is 5.62. The van der Waals surface area contributed by atoms with Crippen molar-refractivity contribution in [2.75, 3.05) is 26.7 Å². The Morgan fingerprint density at radius 1 is 1.28 bits per heavy atom. The molecular weight excluding hydrogens is 241 g/mol. The Balaban J connectivity index is 2.24. The van der Waals surface area contributed by atoms with Gasteiger partial charge in [0.05, 0.1) is 6.54 Å². The lowest BCUT2D eigenvalue weighted by atomic mass is 10.1. The Bertz CT molecular complexity index is 363. The molecule has 0 aliphatic rings. The first-order chi connectivity index (χ1) is 8.37. The number of rotatable bonds is 6.